The van der Waals surface area contributed by atoms with Crippen LogP contribution in [0.2, 0.25) is 0 Å². The molecule has 1 atom stereocenters. The second-order valence-corrected chi connectivity index (χ2v) is 5.88. The number of nitrogens with one attached hydrogen (secondary N) is 2. The van der Waals surface area contributed by atoms with E-state index in [2.05, 4.69) is 31.4 Å². The van der Waals surface area contributed by atoms with Crippen molar-refractivity contribution in [1.82, 2.24) is 15.5 Å². The number of nitrogens with zero attached hydrogens (tertiary/aromatic N) is 1. The Morgan fingerprint density at radius 3 is 3.20 bits per heavy atom. The fraction of sp³-hybridized carbons (Fsp3) is 0.429. The molecule has 1 aromatic heterocycles. The first-order chi connectivity index (χ1) is 9.74. The number of fused-ring (bicyclic) bond motifs is 1. The van der Waals surface area contributed by atoms with Gasteiger partial charge in [-0.25, -0.2) is 0 Å². The number of amides is 1. The Balaban J connectivity index is 1.70. The molecule has 1 aliphatic heterocycles. The lowest BCUT2D eigenvalue weighted by Crippen LogP contribution is -2.35. The number of rotatable bonds is 3. The van der Waals surface area contributed by atoms with Gasteiger partial charge in [0.15, 0.2) is 5.69 Å². The number of H-pyrrole nitrogens is 1. The molecule has 20 heavy (non-hydrogen) atoms. The van der Waals surface area contributed by atoms with Gasteiger partial charge < -0.3 is 10.1 Å². The average Bonchev–Trinajstić information content (AvgIpc) is 2.89. The van der Waals surface area contributed by atoms with Gasteiger partial charge in [0.25, 0.3) is 5.91 Å². The fourth-order valence-corrected chi connectivity index (χ4v) is 2.78. The quantitative estimate of drug-likeness (QED) is 0.904. The molecule has 1 saturated heterocycles. The predicted molar refractivity (Wildman–Crippen MR) is 79.7 cm³/mol. The van der Waals surface area contributed by atoms with Crippen LogP contribution in [0.1, 0.15) is 29.8 Å². The molecule has 1 fully saturated rings. The number of benzene rings is 1. The number of carbonyl (C=O) groups excluding carboxylic acids is 1. The van der Waals surface area contributed by atoms with E-state index in [4.69, 9.17) is 4.74 Å². The van der Waals surface area contributed by atoms with Crippen LogP contribution in [0.3, 0.4) is 0 Å². The van der Waals surface area contributed by atoms with E-state index in [0.29, 0.717) is 12.2 Å². The summed E-state index contributed by atoms with van der Waals surface area (Å²) in [5.41, 5.74) is 1.28. The zero-order valence-electron chi connectivity index (χ0n) is 11.0. The van der Waals surface area contributed by atoms with E-state index in [1.54, 1.807) is 0 Å². The van der Waals surface area contributed by atoms with Crippen molar-refractivity contribution in [2.45, 2.75) is 25.4 Å². The van der Waals surface area contributed by atoms with E-state index in [1.807, 2.05) is 18.2 Å². The maximum atomic E-state index is 12.2. The standard InChI is InChI=1S/C14H16BrN3O2/c15-9-4-5-12-11(7-9)13(18-17-12)14(19)16-8-10-3-1-2-6-20-10/h4-5,7,10H,1-3,6,8H2,(H,16,19)(H,17,18). The van der Waals surface area contributed by atoms with Gasteiger partial charge in [-0.05, 0) is 37.5 Å². The zero-order chi connectivity index (χ0) is 13.9. The molecule has 2 N–H and O–H groups in total. The molecule has 5 nitrogen and oxygen atoms in total. The smallest absolute Gasteiger partial charge is 0.272 e. The molecule has 0 bridgehead atoms. The maximum Gasteiger partial charge on any atom is 0.272 e. The third-order valence-corrected chi connectivity index (χ3v) is 4.00. The Kier molecular flexibility index (Phi) is 4.03. The third-order valence-electron chi connectivity index (χ3n) is 3.50. The molecule has 0 radical (unpaired) electrons. The maximum absolute atomic E-state index is 12.2. The van der Waals surface area contributed by atoms with Crippen LogP contribution in [0.4, 0.5) is 0 Å². The summed E-state index contributed by atoms with van der Waals surface area (Å²) in [4.78, 5) is 12.2. The molecule has 1 unspecified atom stereocenters. The van der Waals surface area contributed by atoms with Gasteiger partial charge in [-0.15, -0.1) is 0 Å². The largest absolute Gasteiger partial charge is 0.376 e. The van der Waals surface area contributed by atoms with E-state index in [-0.39, 0.29) is 12.0 Å². The lowest BCUT2D eigenvalue weighted by Gasteiger charge is -2.22. The van der Waals surface area contributed by atoms with Crippen LogP contribution in [0.5, 0.6) is 0 Å². The van der Waals surface area contributed by atoms with Gasteiger partial charge in [0.1, 0.15) is 0 Å². The highest BCUT2D eigenvalue weighted by molar-refractivity contribution is 9.10. The molecule has 1 amide bonds. The lowest BCUT2D eigenvalue weighted by molar-refractivity contribution is 0.0168. The minimum Gasteiger partial charge on any atom is -0.376 e. The first-order valence-corrected chi connectivity index (χ1v) is 7.57. The molecule has 1 aromatic carbocycles. The number of aromatic amines is 1. The number of ether oxygens (including phenoxy) is 1. The SMILES string of the molecule is O=C(NCC1CCCCO1)c1n[nH]c2ccc(Br)cc12. The van der Waals surface area contributed by atoms with Crippen molar-refractivity contribution in [2.75, 3.05) is 13.2 Å². The summed E-state index contributed by atoms with van der Waals surface area (Å²) in [6.07, 6.45) is 3.42. The highest BCUT2D eigenvalue weighted by Crippen LogP contribution is 2.21. The van der Waals surface area contributed by atoms with Crippen molar-refractivity contribution < 1.29 is 9.53 Å². The van der Waals surface area contributed by atoms with E-state index in [9.17, 15) is 4.79 Å². The second kappa shape index (κ2) is 5.93. The van der Waals surface area contributed by atoms with Crippen molar-refractivity contribution in [3.05, 3.63) is 28.4 Å². The molecule has 106 valence electrons. The average molecular weight is 338 g/mol. The highest BCUT2D eigenvalue weighted by Gasteiger charge is 2.18. The molecule has 0 saturated carbocycles. The van der Waals surface area contributed by atoms with Crippen molar-refractivity contribution in [3.8, 4) is 0 Å². The summed E-state index contributed by atoms with van der Waals surface area (Å²) in [6.45, 7) is 1.33. The molecule has 2 heterocycles. The molecular formula is C14H16BrN3O2. The number of hydrogen-bond acceptors (Lipinski definition) is 3. The minimum absolute atomic E-state index is 0.129. The molecular weight excluding hydrogens is 322 g/mol. The van der Waals surface area contributed by atoms with Crippen LogP contribution in [0, 0.1) is 0 Å². The van der Waals surface area contributed by atoms with Gasteiger partial charge in [-0.1, -0.05) is 15.9 Å². The number of carbonyl (C=O) groups is 1. The summed E-state index contributed by atoms with van der Waals surface area (Å²) in [5, 5.41) is 10.7. The number of hydrogen-bond donors (Lipinski definition) is 2. The summed E-state index contributed by atoms with van der Waals surface area (Å²) in [5.74, 6) is -0.163. The Morgan fingerprint density at radius 2 is 2.40 bits per heavy atom. The third kappa shape index (κ3) is 2.86. The van der Waals surface area contributed by atoms with Gasteiger partial charge in [-0.3, -0.25) is 9.89 Å². The van der Waals surface area contributed by atoms with Crippen molar-refractivity contribution >= 4 is 32.7 Å². The van der Waals surface area contributed by atoms with Crippen molar-refractivity contribution in [1.29, 1.82) is 0 Å². The first kappa shape index (κ1) is 13.6. The Labute approximate surface area is 125 Å². The second-order valence-electron chi connectivity index (χ2n) is 4.96. The van der Waals surface area contributed by atoms with E-state index >= 15 is 0 Å². The van der Waals surface area contributed by atoms with Crippen LogP contribution in [0.15, 0.2) is 22.7 Å². The molecule has 0 aliphatic carbocycles. The van der Waals surface area contributed by atoms with Crippen LogP contribution in [0.25, 0.3) is 10.9 Å². The predicted octanol–water partition coefficient (Wildman–Crippen LogP) is 2.62. The fourth-order valence-electron chi connectivity index (χ4n) is 2.42. The summed E-state index contributed by atoms with van der Waals surface area (Å²) in [7, 11) is 0. The monoisotopic (exact) mass is 337 g/mol. The van der Waals surface area contributed by atoms with Crippen molar-refractivity contribution in [3.63, 3.8) is 0 Å². The molecule has 2 aromatic rings. The highest BCUT2D eigenvalue weighted by atomic mass is 79.9. The Morgan fingerprint density at radius 1 is 1.50 bits per heavy atom. The minimum atomic E-state index is -0.163. The van der Waals surface area contributed by atoms with Crippen molar-refractivity contribution in [2.24, 2.45) is 0 Å². The van der Waals surface area contributed by atoms with Gasteiger partial charge in [0.05, 0.1) is 11.6 Å². The topological polar surface area (TPSA) is 67.0 Å². The zero-order valence-corrected chi connectivity index (χ0v) is 12.6. The molecule has 1 aliphatic rings. The molecule has 6 heteroatoms. The molecule has 3 rings (SSSR count). The van der Waals surface area contributed by atoms with E-state index in [0.717, 1.165) is 34.8 Å². The van der Waals surface area contributed by atoms with Crippen LogP contribution < -0.4 is 5.32 Å². The Hall–Kier alpha value is -1.40. The number of halogens is 1. The van der Waals surface area contributed by atoms with Gasteiger partial charge >= 0.3 is 0 Å². The first-order valence-electron chi connectivity index (χ1n) is 6.77. The van der Waals surface area contributed by atoms with E-state index < -0.39 is 0 Å². The summed E-state index contributed by atoms with van der Waals surface area (Å²) < 4.78 is 6.53. The van der Waals surface area contributed by atoms with Gasteiger partial charge in [-0.2, -0.15) is 5.10 Å². The van der Waals surface area contributed by atoms with Gasteiger partial charge in [0, 0.05) is 23.0 Å². The van der Waals surface area contributed by atoms with Crippen LogP contribution in [-0.4, -0.2) is 35.4 Å². The van der Waals surface area contributed by atoms with Gasteiger partial charge in [0.2, 0.25) is 0 Å². The van der Waals surface area contributed by atoms with Crippen LogP contribution >= 0.6 is 15.9 Å². The normalized spacial score (nSPS) is 19.1. The summed E-state index contributed by atoms with van der Waals surface area (Å²) in [6, 6.07) is 5.70. The summed E-state index contributed by atoms with van der Waals surface area (Å²) >= 11 is 3.41. The number of aromatic nitrogens is 2. The van der Waals surface area contributed by atoms with Crippen LogP contribution in [-0.2, 0) is 4.74 Å². The lowest BCUT2D eigenvalue weighted by atomic mass is 10.1. The Bertz CT molecular complexity index is 620. The molecule has 0 spiro atoms. The van der Waals surface area contributed by atoms with E-state index in [1.165, 1.54) is 6.42 Å².